The summed E-state index contributed by atoms with van der Waals surface area (Å²) in [5.74, 6) is -1.39. The Balaban J connectivity index is 2.16. The van der Waals surface area contributed by atoms with E-state index in [1.54, 1.807) is 26.2 Å². The molecule has 0 aromatic heterocycles. The number of allylic oxidation sites excluding steroid dienone is 2. The first kappa shape index (κ1) is 34.2. The highest BCUT2D eigenvalue weighted by Crippen LogP contribution is 2.37. The largest absolute Gasteiger partial charge is 0.457 e. The van der Waals surface area contributed by atoms with Crippen LogP contribution < -0.4 is 0 Å². The van der Waals surface area contributed by atoms with Crippen LogP contribution in [0, 0.1) is 17.8 Å². The fourth-order valence-electron chi connectivity index (χ4n) is 5.32. The summed E-state index contributed by atoms with van der Waals surface area (Å²) in [6.45, 7) is 12.6. The van der Waals surface area contributed by atoms with Gasteiger partial charge in [0, 0.05) is 31.8 Å². The summed E-state index contributed by atoms with van der Waals surface area (Å²) in [6.07, 6.45) is 6.42. The third kappa shape index (κ3) is 9.80. The molecule has 2 aliphatic heterocycles. The normalized spacial score (nSPS) is 36.0. The summed E-state index contributed by atoms with van der Waals surface area (Å²) in [7, 11) is 1.69. The molecule has 0 amide bonds. The Labute approximate surface area is 239 Å². The van der Waals surface area contributed by atoms with Crippen LogP contribution >= 0.6 is 0 Å². The van der Waals surface area contributed by atoms with Crippen LogP contribution in [-0.2, 0) is 28.5 Å². The number of cyclic esters (lactones) is 1. The molecule has 2 aliphatic rings. The zero-order chi connectivity index (χ0) is 30.2. The van der Waals surface area contributed by atoms with E-state index in [0.29, 0.717) is 0 Å². The summed E-state index contributed by atoms with van der Waals surface area (Å²) >= 11 is 0. The van der Waals surface area contributed by atoms with Crippen molar-refractivity contribution in [2.45, 2.75) is 122 Å². The Bertz CT molecular complexity index is 920. The van der Waals surface area contributed by atoms with Crippen molar-refractivity contribution < 1.29 is 43.9 Å². The second-order valence-corrected chi connectivity index (χ2v) is 11.7. The van der Waals surface area contributed by atoms with Crippen LogP contribution in [-0.4, -0.2) is 82.7 Å². The molecule has 0 bridgehead atoms. The summed E-state index contributed by atoms with van der Waals surface area (Å²) < 4.78 is 22.5. The fourth-order valence-corrected chi connectivity index (χ4v) is 5.32. The maximum Gasteiger partial charge on any atom is 0.309 e. The van der Waals surface area contributed by atoms with E-state index in [9.17, 15) is 24.9 Å². The predicted molar refractivity (Wildman–Crippen MR) is 151 cm³/mol. The predicted octanol–water partition coefficient (Wildman–Crippen LogP) is 3.65. The second-order valence-electron chi connectivity index (χ2n) is 11.7. The maximum absolute atomic E-state index is 12.6. The molecule has 9 heteroatoms. The molecule has 3 N–H and O–H groups in total. The molecule has 0 aromatic rings. The van der Waals surface area contributed by atoms with Crippen LogP contribution in [0.25, 0.3) is 0 Å². The molecule has 0 aliphatic carbocycles. The van der Waals surface area contributed by atoms with Crippen LogP contribution in [0.1, 0.15) is 74.1 Å². The van der Waals surface area contributed by atoms with E-state index in [0.717, 1.165) is 12.0 Å². The zero-order valence-corrected chi connectivity index (χ0v) is 25.3. The van der Waals surface area contributed by atoms with E-state index in [1.165, 1.54) is 6.92 Å². The van der Waals surface area contributed by atoms with Crippen molar-refractivity contribution in [1.29, 1.82) is 0 Å². The highest BCUT2D eigenvalue weighted by Gasteiger charge is 2.50. The number of carbonyl (C=O) groups is 2. The zero-order valence-electron chi connectivity index (χ0n) is 25.3. The van der Waals surface area contributed by atoms with Crippen molar-refractivity contribution in [1.82, 2.24) is 0 Å². The van der Waals surface area contributed by atoms with E-state index < -0.39 is 42.0 Å². The van der Waals surface area contributed by atoms with Gasteiger partial charge >= 0.3 is 11.9 Å². The van der Waals surface area contributed by atoms with Gasteiger partial charge in [-0.05, 0) is 44.8 Å². The Kier molecular flexibility index (Phi) is 13.0. The lowest BCUT2D eigenvalue weighted by Crippen LogP contribution is -2.42. The average Bonchev–Trinajstić information content (AvgIpc) is 3.68. The summed E-state index contributed by atoms with van der Waals surface area (Å²) in [5, 5.41) is 32.2. The molecule has 0 radical (unpaired) electrons. The van der Waals surface area contributed by atoms with Gasteiger partial charge in [-0.25, -0.2) is 0 Å². The van der Waals surface area contributed by atoms with Gasteiger partial charge < -0.3 is 34.3 Å². The van der Waals surface area contributed by atoms with Crippen molar-refractivity contribution in [3.63, 3.8) is 0 Å². The van der Waals surface area contributed by atoms with Crippen LogP contribution in [0.4, 0.5) is 0 Å². The van der Waals surface area contributed by atoms with Gasteiger partial charge in [0.05, 0.1) is 30.8 Å². The van der Waals surface area contributed by atoms with Crippen LogP contribution in [0.15, 0.2) is 36.0 Å². The Morgan fingerprint density at radius 3 is 2.52 bits per heavy atom. The van der Waals surface area contributed by atoms with E-state index >= 15 is 0 Å². The van der Waals surface area contributed by atoms with Crippen LogP contribution in [0.2, 0.25) is 0 Å². The van der Waals surface area contributed by atoms with Crippen LogP contribution in [0.3, 0.4) is 0 Å². The number of aliphatic hydroxyl groups excluding tert-OH is 2. The number of hydrogen-bond acceptors (Lipinski definition) is 9. The maximum atomic E-state index is 12.6. The van der Waals surface area contributed by atoms with Gasteiger partial charge in [0.25, 0.3) is 0 Å². The van der Waals surface area contributed by atoms with Gasteiger partial charge in [0.15, 0.2) is 0 Å². The highest BCUT2D eigenvalue weighted by molar-refractivity contribution is 5.70. The van der Waals surface area contributed by atoms with Gasteiger partial charge in [0.1, 0.15) is 23.9 Å². The van der Waals surface area contributed by atoms with Gasteiger partial charge in [-0.3, -0.25) is 9.59 Å². The minimum atomic E-state index is -1.42. The monoisotopic (exact) mass is 566 g/mol. The van der Waals surface area contributed by atoms with Gasteiger partial charge in [-0.2, -0.15) is 0 Å². The van der Waals surface area contributed by atoms with Crippen molar-refractivity contribution in [2.75, 3.05) is 7.11 Å². The lowest BCUT2D eigenvalue weighted by atomic mass is 9.88. The van der Waals surface area contributed by atoms with Crippen molar-refractivity contribution in [3.8, 4) is 0 Å². The number of ether oxygens (including phenoxy) is 4. The number of esters is 2. The fraction of sp³-hybridized carbons (Fsp3) is 0.742. The van der Waals surface area contributed by atoms with E-state index in [1.807, 2.05) is 39.0 Å². The third-order valence-electron chi connectivity index (χ3n) is 8.09. The third-order valence-corrected chi connectivity index (χ3v) is 8.09. The molecule has 9 nitrogen and oxygen atoms in total. The molecular weight excluding hydrogens is 516 g/mol. The number of carbonyl (C=O) groups excluding carboxylic acids is 2. The molecule has 0 aromatic carbocycles. The molecule has 1 saturated heterocycles. The summed E-state index contributed by atoms with van der Waals surface area (Å²) in [4.78, 5) is 24.3. The molecule has 40 heavy (non-hydrogen) atoms. The van der Waals surface area contributed by atoms with E-state index in [2.05, 4.69) is 13.8 Å². The number of aliphatic hydroxyl groups is 3. The molecule has 1 fully saturated rings. The van der Waals surface area contributed by atoms with E-state index in [-0.39, 0.29) is 55.3 Å². The van der Waals surface area contributed by atoms with Crippen molar-refractivity contribution in [2.24, 2.45) is 17.8 Å². The van der Waals surface area contributed by atoms with Crippen molar-refractivity contribution in [3.05, 3.63) is 36.0 Å². The number of methoxy groups -OCH3 is 1. The standard InChI is InChI=1S/C31H50O9/c1-9-24(37-8)21(5)29-30(40-29)27(35)18(2)11-10-12-19(3)28-20(4)13-14-25(38-22(6)32)31(7,36)16-15-23(33)17-26(34)39-28/h10-14,18,20-21,23-25,27-30,33,35-36H,9,15-17H2,1-8H3/b11-10+,14-13+,19-12+/t18-,20+,21-,23-,24+,25+,27+,28?,29-,30-,31-/m1/s1. The average molecular weight is 567 g/mol. The number of epoxide rings is 1. The lowest BCUT2D eigenvalue weighted by Gasteiger charge is -2.32. The molecule has 2 heterocycles. The first-order chi connectivity index (χ1) is 18.7. The van der Waals surface area contributed by atoms with Crippen LogP contribution in [0.5, 0.6) is 0 Å². The SMILES string of the molecule is CC[C@H](OC)[C@@H](C)[C@H]1O[C@@H]1[C@@H](O)[C@H](C)/C=C/C=C(\C)C1OC(=O)C[C@H](O)CC[C@@](C)(O)[C@@H](OC(C)=O)/C=C/[C@@H]1C. The number of rotatable bonds is 10. The Morgan fingerprint density at radius 1 is 1.25 bits per heavy atom. The molecule has 1 unspecified atom stereocenters. The molecule has 11 atom stereocenters. The molecule has 0 spiro atoms. The molecule has 2 rings (SSSR count). The Morgan fingerprint density at radius 2 is 1.93 bits per heavy atom. The van der Waals surface area contributed by atoms with Gasteiger partial charge in [-0.1, -0.05) is 52.0 Å². The Hall–Kier alpha value is -2.04. The smallest absolute Gasteiger partial charge is 0.309 e. The second kappa shape index (κ2) is 15.3. The molecule has 228 valence electrons. The number of hydrogen-bond donors (Lipinski definition) is 3. The summed E-state index contributed by atoms with van der Waals surface area (Å²) in [6, 6.07) is 0. The first-order valence-electron chi connectivity index (χ1n) is 14.4. The lowest BCUT2D eigenvalue weighted by molar-refractivity contribution is -0.157. The van der Waals surface area contributed by atoms with Crippen molar-refractivity contribution >= 4 is 11.9 Å². The summed E-state index contributed by atoms with van der Waals surface area (Å²) in [5.41, 5.74) is -0.666. The van der Waals surface area contributed by atoms with E-state index in [4.69, 9.17) is 18.9 Å². The minimum Gasteiger partial charge on any atom is -0.457 e. The van der Waals surface area contributed by atoms with Gasteiger partial charge in [-0.15, -0.1) is 0 Å². The molecular formula is C31H50O9. The topological polar surface area (TPSA) is 135 Å². The highest BCUT2D eigenvalue weighted by atomic mass is 16.6. The molecule has 0 saturated carbocycles. The van der Waals surface area contributed by atoms with Gasteiger partial charge in [0.2, 0.25) is 0 Å². The minimum absolute atomic E-state index is 0.0387. The first-order valence-corrected chi connectivity index (χ1v) is 14.4. The quantitative estimate of drug-likeness (QED) is 0.157.